The van der Waals surface area contributed by atoms with Gasteiger partial charge in [-0.05, 0) is 31.4 Å². The van der Waals surface area contributed by atoms with Crippen LogP contribution in [0.5, 0.6) is 0 Å². The zero-order chi connectivity index (χ0) is 19.7. The first-order valence-electron chi connectivity index (χ1n) is 8.95. The summed E-state index contributed by atoms with van der Waals surface area (Å²) in [6, 6.07) is 8.68. The number of benzene rings is 1. The lowest BCUT2D eigenvalue weighted by Crippen LogP contribution is -2.38. The fourth-order valence-corrected chi connectivity index (χ4v) is 3.43. The summed E-state index contributed by atoms with van der Waals surface area (Å²) in [5.74, 6) is -0.701. The van der Waals surface area contributed by atoms with E-state index >= 15 is 0 Å². The van der Waals surface area contributed by atoms with Gasteiger partial charge in [-0.15, -0.1) is 10.2 Å². The SMILES string of the molecule is O=C(c1cnc2ccccc2c1)N1CCCCC1c1nnc(CC(F)(F)F)o1. The van der Waals surface area contributed by atoms with Gasteiger partial charge in [0.1, 0.15) is 12.5 Å². The molecule has 3 aromatic rings. The van der Waals surface area contributed by atoms with Gasteiger partial charge in [0.15, 0.2) is 0 Å². The molecule has 1 atom stereocenters. The van der Waals surface area contributed by atoms with Gasteiger partial charge in [0.05, 0.1) is 11.1 Å². The van der Waals surface area contributed by atoms with Crippen molar-refractivity contribution in [2.24, 2.45) is 0 Å². The van der Waals surface area contributed by atoms with Crippen LogP contribution < -0.4 is 0 Å². The number of para-hydroxylation sites is 1. The minimum Gasteiger partial charge on any atom is -0.423 e. The highest BCUT2D eigenvalue weighted by molar-refractivity contribution is 5.97. The van der Waals surface area contributed by atoms with Crippen molar-refractivity contribution in [1.29, 1.82) is 0 Å². The average molecular weight is 390 g/mol. The topological polar surface area (TPSA) is 72.1 Å². The summed E-state index contributed by atoms with van der Waals surface area (Å²) in [6.07, 6.45) is -2.02. The zero-order valence-electron chi connectivity index (χ0n) is 14.8. The van der Waals surface area contributed by atoms with Crippen LogP contribution >= 0.6 is 0 Å². The monoisotopic (exact) mass is 390 g/mol. The van der Waals surface area contributed by atoms with Gasteiger partial charge in [-0.25, -0.2) is 0 Å². The Morgan fingerprint density at radius 3 is 2.86 bits per heavy atom. The Morgan fingerprint density at radius 1 is 1.21 bits per heavy atom. The second-order valence-electron chi connectivity index (χ2n) is 6.75. The molecule has 1 amide bonds. The molecular weight excluding hydrogens is 373 g/mol. The number of amides is 1. The summed E-state index contributed by atoms with van der Waals surface area (Å²) in [4.78, 5) is 19.0. The Hall–Kier alpha value is -2.97. The third kappa shape index (κ3) is 3.83. The van der Waals surface area contributed by atoms with Crippen molar-refractivity contribution < 1.29 is 22.4 Å². The number of aromatic nitrogens is 3. The van der Waals surface area contributed by atoms with Crippen LogP contribution in [0, 0.1) is 0 Å². The highest BCUT2D eigenvalue weighted by Crippen LogP contribution is 2.32. The normalized spacial score (nSPS) is 17.8. The average Bonchev–Trinajstić information content (AvgIpc) is 3.13. The summed E-state index contributed by atoms with van der Waals surface area (Å²) >= 11 is 0. The van der Waals surface area contributed by atoms with E-state index in [0.29, 0.717) is 18.5 Å². The van der Waals surface area contributed by atoms with E-state index in [1.807, 2.05) is 24.3 Å². The van der Waals surface area contributed by atoms with Crippen LogP contribution in [0.3, 0.4) is 0 Å². The van der Waals surface area contributed by atoms with E-state index < -0.39 is 24.5 Å². The van der Waals surface area contributed by atoms with Crippen molar-refractivity contribution in [2.45, 2.75) is 37.9 Å². The van der Waals surface area contributed by atoms with E-state index in [0.717, 1.165) is 23.7 Å². The van der Waals surface area contributed by atoms with Crippen molar-refractivity contribution in [3.8, 4) is 0 Å². The summed E-state index contributed by atoms with van der Waals surface area (Å²) in [6.45, 7) is 0.466. The molecule has 0 spiro atoms. The van der Waals surface area contributed by atoms with Gasteiger partial charge in [-0.1, -0.05) is 18.2 Å². The quantitative estimate of drug-likeness (QED) is 0.674. The number of piperidine rings is 1. The molecule has 4 rings (SSSR count). The third-order valence-corrected chi connectivity index (χ3v) is 4.72. The Kier molecular flexibility index (Phi) is 4.74. The molecule has 146 valence electrons. The first-order chi connectivity index (χ1) is 13.4. The number of halogens is 3. The molecule has 0 N–H and O–H groups in total. The van der Waals surface area contributed by atoms with Crippen molar-refractivity contribution in [1.82, 2.24) is 20.1 Å². The zero-order valence-corrected chi connectivity index (χ0v) is 14.8. The van der Waals surface area contributed by atoms with Crippen molar-refractivity contribution in [3.63, 3.8) is 0 Å². The fourth-order valence-electron chi connectivity index (χ4n) is 3.43. The number of alkyl halides is 3. The van der Waals surface area contributed by atoms with Gasteiger partial charge >= 0.3 is 6.18 Å². The molecule has 1 aromatic carbocycles. The second kappa shape index (κ2) is 7.21. The molecule has 3 heterocycles. The van der Waals surface area contributed by atoms with Crippen LogP contribution in [0.4, 0.5) is 13.2 Å². The molecule has 1 aliphatic rings. The predicted octanol–water partition coefficient (Wildman–Crippen LogP) is 4.09. The summed E-state index contributed by atoms with van der Waals surface area (Å²) in [7, 11) is 0. The Morgan fingerprint density at radius 2 is 2.04 bits per heavy atom. The van der Waals surface area contributed by atoms with Gasteiger partial charge in [-0.2, -0.15) is 13.2 Å². The highest BCUT2D eigenvalue weighted by Gasteiger charge is 2.35. The predicted molar refractivity (Wildman–Crippen MR) is 93.4 cm³/mol. The Labute approximate surface area is 158 Å². The van der Waals surface area contributed by atoms with Crippen molar-refractivity contribution >= 4 is 16.8 Å². The number of likely N-dealkylation sites (tertiary alicyclic amines) is 1. The second-order valence-corrected chi connectivity index (χ2v) is 6.75. The summed E-state index contributed by atoms with van der Waals surface area (Å²) < 4.78 is 42.9. The first-order valence-corrected chi connectivity index (χ1v) is 8.95. The van der Waals surface area contributed by atoms with Crippen molar-refractivity contribution in [2.75, 3.05) is 6.54 Å². The molecule has 28 heavy (non-hydrogen) atoms. The molecule has 0 radical (unpaired) electrons. The van der Waals surface area contributed by atoms with Crippen LogP contribution in [0.2, 0.25) is 0 Å². The molecule has 0 saturated carbocycles. The van der Waals surface area contributed by atoms with E-state index in [1.54, 1.807) is 11.0 Å². The maximum absolute atomic E-state index is 13.1. The molecule has 1 unspecified atom stereocenters. The van der Waals surface area contributed by atoms with Gasteiger partial charge in [0.25, 0.3) is 5.91 Å². The smallest absolute Gasteiger partial charge is 0.397 e. The highest BCUT2D eigenvalue weighted by atomic mass is 19.4. The number of carbonyl (C=O) groups excluding carboxylic acids is 1. The lowest BCUT2D eigenvalue weighted by molar-refractivity contribution is -0.131. The van der Waals surface area contributed by atoms with Gasteiger partial charge in [0, 0.05) is 18.1 Å². The number of hydrogen-bond acceptors (Lipinski definition) is 5. The number of carbonyl (C=O) groups is 1. The molecule has 0 aliphatic carbocycles. The van der Waals surface area contributed by atoms with Crippen LogP contribution in [0.15, 0.2) is 40.9 Å². The number of fused-ring (bicyclic) bond motifs is 1. The maximum atomic E-state index is 13.1. The molecule has 6 nitrogen and oxygen atoms in total. The molecule has 1 fully saturated rings. The number of rotatable bonds is 3. The lowest BCUT2D eigenvalue weighted by atomic mass is 10.0. The van der Waals surface area contributed by atoms with Gasteiger partial charge in [0.2, 0.25) is 11.8 Å². The van der Waals surface area contributed by atoms with Gasteiger partial charge in [-0.3, -0.25) is 9.78 Å². The summed E-state index contributed by atoms with van der Waals surface area (Å²) in [5.41, 5.74) is 1.20. The van der Waals surface area contributed by atoms with E-state index in [4.69, 9.17) is 4.42 Å². The maximum Gasteiger partial charge on any atom is 0.397 e. The van der Waals surface area contributed by atoms with Crippen LogP contribution in [-0.2, 0) is 6.42 Å². The Balaban J connectivity index is 1.60. The number of nitrogens with zero attached hydrogens (tertiary/aromatic N) is 4. The third-order valence-electron chi connectivity index (χ3n) is 4.72. The van der Waals surface area contributed by atoms with Gasteiger partial charge < -0.3 is 9.32 Å². The van der Waals surface area contributed by atoms with E-state index in [2.05, 4.69) is 15.2 Å². The minimum absolute atomic E-state index is 0.0426. The summed E-state index contributed by atoms with van der Waals surface area (Å²) in [5, 5.41) is 8.11. The van der Waals surface area contributed by atoms with E-state index in [9.17, 15) is 18.0 Å². The fraction of sp³-hybridized carbons (Fsp3) is 0.368. The largest absolute Gasteiger partial charge is 0.423 e. The standard InChI is InChI=1S/C19H17F3N4O2/c20-19(21,22)10-16-24-25-17(28-16)15-7-3-4-8-26(15)18(27)13-9-12-5-1-2-6-14(12)23-11-13/h1-2,5-6,9,11,15H,3-4,7-8,10H2. The molecule has 1 aliphatic heterocycles. The molecule has 9 heteroatoms. The minimum atomic E-state index is -4.43. The first kappa shape index (κ1) is 18.4. The molecular formula is C19H17F3N4O2. The lowest BCUT2D eigenvalue weighted by Gasteiger charge is -2.33. The number of pyridine rings is 1. The van der Waals surface area contributed by atoms with E-state index in [1.165, 1.54) is 6.20 Å². The number of hydrogen-bond donors (Lipinski definition) is 0. The van der Waals surface area contributed by atoms with Crippen LogP contribution in [-0.4, -0.2) is 38.7 Å². The van der Waals surface area contributed by atoms with Crippen LogP contribution in [0.1, 0.15) is 47.4 Å². The van der Waals surface area contributed by atoms with Crippen LogP contribution in [0.25, 0.3) is 10.9 Å². The van der Waals surface area contributed by atoms with Crippen molar-refractivity contribution in [3.05, 3.63) is 53.9 Å². The Bertz CT molecular complexity index is 1000. The molecule has 1 saturated heterocycles. The van der Waals surface area contributed by atoms with E-state index in [-0.39, 0.29) is 11.8 Å². The molecule has 0 bridgehead atoms. The molecule has 2 aromatic heterocycles.